The maximum Gasteiger partial charge on any atom is 0.434 e. The second kappa shape index (κ2) is 5.97. The van der Waals surface area contributed by atoms with E-state index in [1.807, 2.05) is 0 Å². The van der Waals surface area contributed by atoms with Gasteiger partial charge in [-0.15, -0.1) is 0 Å². The SMILES string of the molecule is O=C(Nc1nc2ccc(-c3cncnc3C(F)(F)F)cc2s1)C1CC1F. The molecule has 10 heteroatoms. The van der Waals surface area contributed by atoms with Crippen molar-refractivity contribution in [3.05, 3.63) is 36.4 Å². The number of halogens is 4. The van der Waals surface area contributed by atoms with Gasteiger partial charge in [0.2, 0.25) is 5.91 Å². The maximum absolute atomic E-state index is 13.1. The standard InChI is InChI=1S/C16H10F4N4OS/c17-10-4-8(10)14(25)24-15-23-11-2-1-7(3-12(11)26-15)9-5-21-6-22-13(9)16(18,19)20/h1-3,5-6,8,10H,4H2,(H,23,24,25). The third kappa shape index (κ3) is 3.12. The van der Waals surface area contributed by atoms with Crippen molar-refractivity contribution in [2.45, 2.75) is 18.8 Å². The molecule has 26 heavy (non-hydrogen) atoms. The number of hydrogen-bond acceptors (Lipinski definition) is 5. The number of thiazole rings is 1. The Morgan fingerprint density at radius 2 is 2.08 bits per heavy atom. The Labute approximate surface area is 148 Å². The highest BCUT2D eigenvalue weighted by Crippen LogP contribution is 2.38. The predicted molar refractivity (Wildman–Crippen MR) is 87.3 cm³/mol. The molecule has 134 valence electrons. The topological polar surface area (TPSA) is 67.8 Å². The molecule has 0 spiro atoms. The molecule has 1 aliphatic rings. The van der Waals surface area contributed by atoms with Gasteiger partial charge in [-0.1, -0.05) is 17.4 Å². The Bertz CT molecular complexity index is 1000. The van der Waals surface area contributed by atoms with Crippen LogP contribution in [0, 0.1) is 5.92 Å². The monoisotopic (exact) mass is 382 g/mol. The molecule has 4 rings (SSSR count). The first-order chi connectivity index (χ1) is 12.3. The molecule has 1 saturated carbocycles. The van der Waals surface area contributed by atoms with Crippen LogP contribution in [0.3, 0.4) is 0 Å². The third-order valence-corrected chi connectivity index (χ3v) is 4.89. The van der Waals surface area contributed by atoms with Crippen LogP contribution in [0.15, 0.2) is 30.7 Å². The molecule has 3 aromatic rings. The zero-order chi connectivity index (χ0) is 18.5. The van der Waals surface area contributed by atoms with Crippen molar-refractivity contribution in [2.75, 3.05) is 5.32 Å². The van der Waals surface area contributed by atoms with E-state index in [0.29, 0.717) is 10.2 Å². The number of carbonyl (C=O) groups is 1. The number of benzene rings is 1. The van der Waals surface area contributed by atoms with Gasteiger partial charge in [-0.2, -0.15) is 13.2 Å². The van der Waals surface area contributed by atoms with Gasteiger partial charge in [-0.05, 0) is 24.1 Å². The minimum Gasteiger partial charge on any atom is -0.302 e. The van der Waals surface area contributed by atoms with Crippen molar-refractivity contribution in [3.63, 3.8) is 0 Å². The lowest BCUT2D eigenvalue weighted by Gasteiger charge is -2.10. The van der Waals surface area contributed by atoms with Crippen LogP contribution < -0.4 is 5.32 Å². The number of rotatable bonds is 3. The highest BCUT2D eigenvalue weighted by atomic mass is 32.1. The zero-order valence-electron chi connectivity index (χ0n) is 12.9. The van der Waals surface area contributed by atoms with Gasteiger partial charge in [0.15, 0.2) is 10.8 Å². The second-order valence-electron chi connectivity index (χ2n) is 5.83. The van der Waals surface area contributed by atoms with Crippen molar-refractivity contribution < 1.29 is 22.4 Å². The first-order valence-electron chi connectivity index (χ1n) is 7.56. The fourth-order valence-electron chi connectivity index (χ4n) is 2.55. The number of nitrogens with zero attached hydrogens (tertiary/aromatic N) is 3. The zero-order valence-corrected chi connectivity index (χ0v) is 13.7. The molecule has 2 heterocycles. The van der Waals surface area contributed by atoms with Crippen molar-refractivity contribution in [1.29, 1.82) is 0 Å². The van der Waals surface area contributed by atoms with Crippen LogP contribution in [0.25, 0.3) is 21.3 Å². The average molecular weight is 382 g/mol. The van der Waals surface area contributed by atoms with Crippen LogP contribution in [-0.4, -0.2) is 27.0 Å². The van der Waals surface area contributed by atoms with E-state index < -0.39 is 29.9 Å². The number of amides is 1. The largest absolute Gasteiger partial charge is 0.434 e. The van der Waals surface area contributed by atoms with Gasteiger partial charge in [0.25, 0.3) is 0 Å². The molecular weight excluding hydrogens is 372 g/mol. The fraction of sp³-hybridized carbons (Fsp3) is 0.250. The Hall–Kier alpha value is -2.62. The molecule has 2 unspecified atom stereocenters. The molecule has 5 nitrogen and oxygen atoms in total. The Morgan fingerprint density at radius 1 is 1.31 bits per heavy atom. The average Bonchev–Trinajstić information content (AvgIpc) is 3.19. The van der Waals surface area contributed by atoms with Crippen LogP contribution >= 0.6 is 11.3 Å². The first kappa shape index (κ1) is 16.8. The summed E-state index contributed by atoms with van der Waals surface area (Å²) in [7, 11) is 0. The van der Waals surface area contributed by atoms with Crippen LogP contribution in [-0.2, 0) is 11.0 Å². The second-order valence-corrected chi connectivity index (χ2v) is 6.86. The molecule has 1 aromatic carbocycles. The van der Waals surface area contributed by atoms with Gasteiger partial charge in [-0.3, -0.25) is 4.79 Å². The van der Waals surface area contributed by atoms with E-state index in [1.54, 1.807) is 6.07 Å². The van der Waals surface area contributed by atoms with Gasteiger partial charge in [0.1, 0.15) is 12.5 Å². The molecule has 1 aliphatic carbocycles. The number of aromatic nitrogens is 3. The lowest BCUT2D eigenvalue weighted by molar-refractivity contribution is -0.140. The summed E-state index contributed by atoms with van der Waals surface area (Å²) in [5, 5.41) is 2.82. The molecule has 0 saturated heterocycles. The van der Waals surface area contributed by atoms with Gasteiger partial charge >= 0.3 is 6.18 Å². The van der Waals surface area contributed by atoms with E-state index in [9.17, 15) is 22.4 Å². The summed E-state index contributed by atoms with van der Waals surface area (Å²) in [5.74, 6) is -1.08. The number of fused-ring (bicyclic) bond motifs is 1. The molecule has 2 aromatic heterocycles. The van der Waals surface area contributed by atoms with Crippen LogP contribution in [0.2, 0.25) is 0 Å². The fourth-order valence-corrected chi connectivity index (χ4v) is 3.45. The lowest BCUT2D eigenvalue weighted by Crippen LogP contribution is -2.14. The quantitative estimate of drug-likeness (QED) is 0.694. The van der Waals surface area contributed by atoms with Crippen LogP contribution in [0.4, 0.5) is 22.7 Å². The van der Waals surface area contributed by atoms with Crippen molar-refractivity contribution in [3.8, 4) is 11.1 Å². The molecule has 0 aliphatic heterocycles. The van der Waals surface area contributed by atoms with Crippen LogP contribution in [0.1, 0.15) is 12.1 Å². The van der Waals surface area contributed by atoms with E-state index in [-0.39, 0.29) is 22.7 Å². The highest BCUT2D eigenvalue weighted by molar-refractivity contribution is 7.22. The van der Waals surface area contributed by atoms with Gasteiger partial charge in [-0.25, -0.2) is 19.3 Å². The third-order valence-electron chi connectivity index (χ3n) is 3.96. The molecule has 2 atom stereocenters. The van der Waals surface area contributed by atoms with E-state index in [4.69, 9.17) is 0 Å². The summed E-state index contributed by atoms with van der Waals surface area (Å²) in [4.78, 5) is 23.0. The Kier molecular flexibility index (Phi) is 3.87. The van der Waals surface area contributed by atoms with E-state index in [0.717, 1.165) is 23.9 Å². The molecule has 1 amide bonds. The van der Waals surface area contributed by atoms with E-state index in [2.05, 4.69) is 20.3 Å². The van der Waals surface area contributed by atoms with Crippen molar-refractivity contribution in [2.24, 2.45) is 5.92 Å². The van der Waals surface area contributed by atoms with Crippen molar-refractivity contribution >= 4 is 32.6 Å². The summed E-state index contributed by atoms with van der Waals surface area (Å²) in [6.07, 6.45) is -3.56. The van der Waals surface area contributed by atoms with E-state index in [1.165, 1.54) is 12.1 Å². The number of alkyl halides is 4. The summed E-state index contributed by atoms with van der Waals surface area (Å²) < 4.78 is 52.9. The summed E-state index contributed by atoms with van der Waals surface area (Å²) in [5.41, 5.74) is -0.350. The number of carbonyl (C=O) groups excluding carboxylic acids is 1. The maximum atomic E-state index is 13.1. The van der Waals surface area contributed by atoms with Gasteiger partial charge in [0.05, 0.1) is 16.1 Å². The minimum absolute atomic E-state index is 0.140. The number of nitrogens with one attached hydrogen (secondary N) is 1. The highest BCUT2D eigenvalue weighted by Gasteiger charge is 2.44. The Morgan fingerprint density at radius 3 is 2.77 bits per heavy atom. The molecule has 0 bridgehead atoms. The Balaban J connectivity index is 1.67. The van der Waals surface area contributed by atoms with Gasteiger partial charge < -0.3 is 5.32 Å². The van der Waals surface area contributed by atoms with Crippen LogP contribution in [0.5, 0.6) is 0 Å². The molecular formula is C16H10F4N4OS. The first-order valence-corrected chi connectivity index (χ1v) is 8.37. The normalized spacial score (nSPS) is 19.5. The summed E-state index contributed by atoms with van der Waals surface area (Å²) >= 11 is 1.11. The smallest absolute Gasteiger partial charge is 0.302 e. The minimum atomic E-state index is -4.60. The molecule has 0 radical (unpaired) electrons. The molecule has 1 N–H and O–H groups in total. The number of hydrogen-bond donors (Lipinski definition) is 1. The lowest BCUT2D eigenvalue weighted by atomic mass is 10.1. The van der Waals surface area contributed by atoms with Gasteiger partial charge in [0, 0.05) is 11.8 Å². The van der Waals surface area contributed by atoms with Crippen molar-refractivity contribution in [1.82, 2.24) is 15.0 Å². The van der Waals surface area contributed by atoms with E-state index >= 15 is 0 Å². The summed E-state index contributed by atoms with van der Waals surface area (Å²) in [6.45, 7) is 0. The number of anilines is 1. The predicted octanol–water partition coefficient (Wildman–Crippen LogP) is 4.07. The summed E-state index contributed by atoms with van der Waals surface area (Å²) in [6, 6.07) is 4.57. The molecule has 1 fully saturated rings.